The SMILES string of the molecule is Cc1cccc(C(=O)Cc2cc(Br)ccc2F)c1Cl. The Morgan fingerprint density at radius 2 is 2.05 bits per heavy atom. The standard InChI is InChI=1S/C15H11BrClFO/c1-9-3-2-4-12(15(9)17)14(19)8-10-7-11(16)5-6-13(10)18/h2-7H,8H2,1H3. The summed E-state index contributed by atoms with van der Waals surface area (Å²) in [7, 11) is 0. The molecule has 19 heavy (non-hydrogen) atoms. The van der Waals surface area contributed by atoms with Gasteiger partial charge in [0.15, 0.2) is 5.78 Å². The van der Waals surface area contributed by atoms with Crippen LogP contribution in [0.5, 0.6) is 0 Å². The van der Waals surface area contributed by atoms with Gasteiger partial charge in [0, 0.05) is 16.5 Å². The number of benzene rings is 2. The third-order valence-electron chi connectivity index (χ3n) is 2.85. The van der Waals surface area contributed by atoms with Gasteiger partial charge in [-0.15, -0.1) is 0 Å². The third-order valence-corrected chi connectivity index (χ3v) is 3.85. The fourth-order valence-corrected chi connectivity index (χ4v) is 2.45. The molecular weight excluding hydrogens is 331 g/mol. The Labute approximate surface area is 124 Å². The van der Waals surface area contributed by atoms with Crippen LogP contribution in [0.4, 0.5) is 4.39 Å². The van der Waals surface area contributed by atoms with E-state index in [2.05, 4.69) is 15.9 Å². The molecule has 0 heterocycles. The van der Waals surface area contributed by atoms with Crippen LogP contribution in [0.1, 0.15) is 21.5 Å². The molecule has 0 N–H and O–H groups in total. The van der Waals surface area contributed by atoms with Gasteiger partial charge < -0.3 is 0 Å². The monoisotopic (exact) mass is 340 g/mol. The zero-order chi connectivity index (χ0) is 14.0. The van der Waals surface area contributed by atoms with Gasteiger partial charge in [0.05, 0.1) is 5.02 Å². The average molecular weight is 342 g/mol. The van der Waals surface area contributed by atoms with E-state index in [4.69, 9.17) is 11.6 Å². The first-order chi connectivity index (χ1) is 8.99. The fraction of sp³-hybridized carbons (Fsp3) is 0.133. The second kappa shape index (κ2) is 5.85. The van der Waals surface area contributed by atoms with Crippen LogP contribution in [0.15, 0.2) is 40.9 Å². The van der Waals surface area contributed by atoms with Crippen molar-refractivity contribution in [3.8, 4) is 0 Å². The van der Waals surface area contributed by atoms with Crippen LogP contribution in [0, 0.1) is 12.7 Å². The summed E-state index contributed by atoms with van der Waals surface area (Å²) in [5.74, 6) is -0.578. The van der Waals surface area contributed by atoms with Crippen molar-refractivity contribution >= 4 is 33.3 Å². The van der Waals surface area contributed by atoms with E-state index in [-0.39, 0.29) is 18.0 Å². The molecule has 2 aromatic carbocycles. The van der Waals surface area contributed by atoms with Crippen molar-refractivity contribution in [3.05, 3.63) is 68.4 Å². The van der Waals surface area contributed by atoms with E-state index in [0.717, 1.165) is 10.0 Å². The van der Waals surface area contributed by atoms with Crippen molar-refractivity contribution in [2.45, 2.75) is 13.3 Å². The van der Waals surface area contributed by atoms with Crippen LogP contribution >= 0.6 is 27.5 Å². The molecule has 98 valence electrons. The van der Waals surface area contributed by atoms with E-state index < -0.39 is 0 Å². The molecule has 0 atom stereocenters. The first-order valence-corrected chi connectivity index (χ1v) is 6.88. The van der Waals surface area contributed by atoms with E-state index in [9.17, 15) is 9.18 Å². The maximum Gasteiger partial charge on any atom is 0.168 e. The van der Waals surface area contributed by atoms with Gasteiger partial charge in [-0.25, -0.2) is 4.39 Å². The highest BCUT2D eigenvalue weighted by Gasteiger charge is 2.14. The van der Waals surface area contributed by atoms with E-state index in [0.29, 0.717) is 16.1 Å². The molecule has 0 amide bonds. The minimum absolute atomic E-state index is 0.00551. The number of carbonyl (C=O) groups excluding carboxylic acids is 1. The molecular formula is C15H11BrClFO. The number of halogens is 3. The minimum Gasteiger partial charge on any atom is -0.294 e. The Morgan fingerprint density at radius 1 is 1.32 bits per heavy atom. The van der Waals surface area contributed by atoms with Crippen LogP contribution in [0.3, 0.4) is 0 Å². The smallest absolute Gasteiger partial charge is 0.168 e. The molecule has 0 aliphatic carbocycles. The van der Waals surface area contributed by atoms with Crippen LogP contribution < -0.4 is 0 Å². The van der Waals surface area contributed by atoms with Crippen molar-refractivity contribution in [1.82, 2.24) is 0 Å². The summed E-state index contributed by atoms with van der Waals surface area (Å²) in [4.78, 5) is 12.2. The summed E-state index contributed by atoms with van der Waals surface area (Å²) >= 11 is 9.37. The summed E-state index contributed by atoms with van der Waals surface area (Å²) in [6, 6.07) is 9.81. The zero-order valence-corrected chi connectivity index (χ0v) is 12.6. The van der Waals surface area contributed by atoms with Crippen LogP contribution in [-0.2, 0) is 6.42 Å². The Hall–Kier alpha value is -1.19. The highest BCUT2D eigenvalue weighted by Crippen LogP contribution is 2.23. The second-order valence-electron chi connectivity index (χ2n) is 4.27. The molecule has 0 spiro atoms. The largest absolute Gasteiger partial charge is 0.294 e. The Kier molecular flexibility index (Phi) is 4.38. The highest BCUT2D eigenvalue weighted by molar-refractivity contribution is 9.10. The number of ketones is 1. The minimum atomic E-state index is -0.389. The van der Waals surface area contributed by atoms with E-state index in [1.165, 1.54) is 6.07 Å². The summed E-state index contributed by atoms with van der Waals surface area (Å²) in [5.41, 5.74) is 1.63. The quantitative estimate of drug-likeness (QED) is 0.720. The summed E-state index contributed by atoms with van der Waals surface area (Å²) < 4.78 is 14.4. The van der Waals surface area contributed by atoms with Crippen LogP contribution in [0.2, 0.25) is 5.02 Å². The molecule has 0 aromatic heterocycles. The van der Waals surface area contributed by atoms with Gasteiger partial charge in [-0.05, 0) is 42.3 Å². The van der Waals surface area contributed by atoms with Crippen LogP contribution in [0.25, 0.3) is 0 Å². The first-order valence-electron chi connectivity index (χ1n) is 5.71. The van der Waals surface area contributed by atoms with E-state index in [1.54, 1.807) is 24.3 Å². The molecule has 0 radical (unpaired) electrons. The van der Waals surface area contributed by atoms with Gasteiger partial charge in [0.25, 0.3) is 0 Å². The third kappa shape index (κ3) is 3.23. The lowest BCUT2D eigenvalue weighted by Gasteiger charge is -2.07. The van der Waals surface area contributed by atoms with Crippen molar-refractivity contribution in [2.75, 3.05) is 0 Å². The Bertz CT molecular complexity index is 640. The number of hydrogen-bond acceptors (Lipinski definition) is 1. The number of Topliss-reactive ketones (excluding diaryl/α,β-unsaturated/α-hetero) is 1. The van der Waals surface area contributed by atoms with E-state index in [1.807, 2.05) is 13.0 Å². The predicted octanol–water partition coefficient (Wildman–Crippen LogP) is 4.98. The Balaban J connectivity index is 2.31. The zero-order valence-electron chi connectivity index (χ0n) is 10.2. The number of hydrogen-bond donors (Lipinski definition) is 0. The summed E-state index contributed by atoms with van der Waals surface area (Å²) in [5, 5.41) is 0.433. The molecule has 2 rings (SSSR count). The topological polar surface area (TPSA) is 17.1 Å². The predicted molar refractivity (Wildman–Crippen MR) is 78.3 cm³/mol. The molecule has 1 nitrogen and oxygen atoms in total. The lowest BCUT2D eigenvalue weighted by molar-refractivity contribution is 0.0992. The van der Waals surface area contributed by atoms with Gasteiger partial charge in [-0.2, -0.15) is 0 Å². The molecule has 0 unspecified atom stereocenters. The van der Waals surface area contributed by atoms with Crippen molar-refractivity contribution in [2.24, 2.45) is 0 Å². The van der Waals surface area contributed by atoms with E-state index >= 15 is 0 Å². The number of carbonyl (C=O) groups is 1. The number of aryl methyl sites for hydroxylation is 1. The number of rotatable bonds is 3. The molecule has 0 bridgehead atoms. The van der Waals surface area contributed by atoms with Crippen LogP contribution in [-0.4, -0.2) is 5.78 Å². The van der Waals surface area contributed by atoms with Crippen molar-refractivity contribution in [3.63, 3.8) is 0 Å². The molecule has 0 fully saturated rings. The maximum atomic E-state index is 13.6. The van der Waals surface area contributed by atoms with Gasteiger partial charge in [-0.3, -0.25) is 4.79 Å². The molecule has 2 aromatic rings. The second-order valence-corrected chi connectivity index (χ2v) is 5.57. The lowest BCUT2D eigenvalue weighted by atomic mass is 10.0. The lowest BCUT2D eigenvalue weighted by Crippen LogP contribution is -2.06. The molecule has 0 saturated carbocycles. The van der Waals surface area contributed by atoms with Gasteiger partial charge in [0.2, 0.25) is 0 Å². The first kappa shape index (κ1) is 14.2. The fourth-order valence-electron chi connectivity index (χ4n) is 1.81. The van der Waals surface area contributed by atoms with Gasteiger partial charge in [-0.1, -0.05) is 39.7 Å². The molecule has 0 aliphatic heterocycles. The summed E-state index contributed by atoms with van der Waals surface area (Å²) in [6.07, 6.45) is -0.00551. The Morgan fingerprint density at radius 3 is 2.79 bits per heavy atom. The van der Waals surface area contributed by atoms with Crippen molar-refractivity contribution in [1.29, 1.82) is 0 Å². The molecule has 0 aliphatic rings. The van der Waals surface area contributed by atoms with Gasteiger partial charge in [0.1, 0.15) is 5.82 Å². The highest BCUT2D eigenvalue weighted by atomic mass is 79.9. The molecule has 4 heteroatoms. The van der Waals surface area contributed by atoms with Crippen molar-refractivity contribution < 1.29 is 9.18 Å². The van der Waals surface area contributed by atoms with Gasteiger partial charge >= 0.3 is 0 Å². The summed E-state index contributed by atoms with van der Waals surface area (Å²) in [6.45, 7) is 1.83. The molecule has 0 saturated heterocycles. The average Bonchev–Trinajstić information content (AvgIpc) is 2.37. The normalized spacial score (nSPS) is 10.5. The maximum absolute atomic E-state index is 13.6.